The van der Waals surface area contributed by atoms with E-state index in [1.165, 1.54) is 0 Å². The third kappa shape index (κ3) is 5.25. The largest absolute Gasteiger partial charge is 0.497 e. The maximum absolute atomic E-state index is 10.2. The molecular formula is C19H23N5O3. The molecule has 3 rings (SSSR count). The van der Waals surface area contributed by atoms with Crippen molar-refractivity contribution >= 4 is 0 Å². The van der Waals surface area contributed by atoms with Crippen LogP contribution in [0.4, 0.5) is 0 Å². The van der Waals surface area contributed by atoms with Gasteiger partial charge in [-0.15, -0.1) is 5.10 Å². The number of methoxy groups -OCH3 is 1. The minimum Gasteiger partial charge on any atom is -0.497 e. The second-order valence-electron chi connectivity index (χ2n) is 6.12. The maximum atomic E-state index is 10.2. The molecule has 0 aliphatic heterocycles. The predicted octanol–water partition coefficient (Wildman–Crippen LogP) is 1.76. The number of aliphatic hydroxyl groups excluding tert-OH is 1. The van der Waals surface area contributed by atoms with Gasteiger partial charge in [0.05, 0.1) is 12.8 Å². The summed E-state index contributed by atoms with van der Waals surface area (Å²) in [7, 11) is 1.61. The molecule has 27 heavy (non-hydrogen) atoms. The topological polar surface area (TPSA) is 94.3 Å². The van der Waals surface area contributed by atoms with Gasteiger partial charge >= 0.3 is 0 Å². The van der Waals surface area contributed by atoms with Gasteiger partial charge in [0, 0.05) is 18.7 Å². The number of hydrogen-bond acceptors (Lipinski definition) is 7. The molecule has 1 aromatic heterocycles. The van der Waals surface area contributed by atoms with Crippen molar-refractivity contribution in [2.45, 2.75) is 19.1 Å². The van der Waals surface area contributed by atoms with Gasteiger partial charge in [-0.1, -0.05) is 18.2 Å². The van der Waals surface area contributed by atoms with Crippen LogP contribution in [-0.4, -0.2) is 51.7 Å². The van der Waals surface area contributed by atoms with Crippen molar-refractivity contribution in [3.8, 4) is 17.2 Å². The lowest BCUT2D eigenvalue weighted by Gasteiger charge is -2.18. The van der Waals surface area contributed by atoms with Crippen molar-refractivity contribution in [1.29, 1.82) is 0 Å². The molecule has 0 saturated carbocycles. The summed E-state index contributed by atoms with van der Waals surface area (Å²) in [6.45, 7) is 2.66. The normalized spacial score (nSPS) is 13.1. The van der Waals surface area contributed by atoms with Crippen LogP contribution in [0, 0.1) is 0 Å². The lowest BCUT2D eigenvalue weighted by Crippen LogP contribution is -2.33. The molecule has 0 bridgehead atoms. The smallest absolute Gasteiger partial charge is 0.143 e. The summed E-state index contributed by atoms with van der Waals surface area (Å²) >= 11 is 0. The molecule has 1 heterocycles. The van der Waals surface area contributed by atoms with Gasteiger partial charge in [0.25, 0.3) is 0 Å². The predicted molar refractivity (Wildman–Crippen MR) is 100 cm³/mol. The van der Waals surface area contributed by atoms with Gasteiger partial charge in [0.2, 0.25) is 0 Å². The standard InChI is InChI=1S/C19H23N5O3/c1-14(15-6-8-16(9-7-15)24-13-21-22-23-24)20-11-17(25)12-27-19-5-3-4-18(10-19)26-2/h3-10,13-14,17,20,25H,11-12H2,1-2H3. The molecule has 0 radical (unpaired) electrons. The van der Waals surface area contributed by atoms with Crippen LogP contribution in [0.3, 0.4) is 0 Å². The van der Waals surface area contributed by atoms with Crippen LogP contribution >= 0.6 is 0 Å². The molecule has 2 N–H and O–H groups in total. The number of hydrogen-bond donors (Lipinski definition) is 2. The highest BCUT2D eigenvalue weighted by atomic mass is 16.5. The molecular weight excluding hydrogens is 346 g/mol. The average Bonchev–Trinajstić information content (AvgIpc) is 3.25. The Morgan fingerprint density at radius 1 is 1.15 bits per heavy atom. The van der Waals surface area contributed by atoms with Gasteiger partial charge in [0.1, 0.15) is 30.5 Å². The SMILES string of the molecule is COc1cccc(OCC(O)CNC(C)c2ccc(-n3cnnn3)cc2)c1. The summed E-state index contributed by atoms with van der Waals surface area (Å²) in [6.07, 6.45) is 0.925. The van der Waals surface area contributed by atoms with Crippen LogP contribution in [0.2, 0.25) is 0 Å². The number of nitrogens with zero attached hydrogens (tertiary/aromatic N) is 4. The Labute approximate surface area is 157 Å². The van der Waals surface area contributed by atoms with Crippen molar-refractivity contribution < 1.29 is 14.6 Å². The van der Waals surface area contributed by atoms with Crippen molar-refractivity contribution in [2.24, 2.45) is 0 Å². The Balaban J connectivity index is 1.46. The lowest BCUT2D eigenvalue weighted by molar-refractivity contribution is 0.104. The average molecular weight is 369 g/mol. The molecule has 0 spiro atoms. The lowest BCUT2D eigenvalue weighted by atomic mass is 10.1. The van der Waals surface area contributed by atoms with Gasteiger partial charge in [-0.2, -0.15) is 0 Å². The number of rotatable bonds is 9. The molecule has 142 valence electrons. The van der Waals surface area contributed by atoms with Crippen molar-refractivity contribution in [3.05, 3.63) is 60.4 Å². The van der Waals surface area contributed by atoms with Crippen molar-refractivity contribution in [2.75, 3.05) is 20.3 Å². The molecule has 2 aromatic carbocycles. The van der Waals surface area contributed by atoms with Gasteiger partial charge in [0.15, 0.2) is 0 Å². The van der Waals surface area contributed by atoms with E-state index in [4.69, 9.17) is 9.47 Å². The number of benzene rings is 2. The highest BCUT2D eigenvalue weighted by Gasteiger charge is 2.10. The number of nitrogens with one attached hydrogen (secondary N) is 1. The molecule has 8 nitrogen and oxygen atoms in total. The van der Waals surface area contributed by atoms with Crippen molar-refractivity contribution in [3.63, 3.8) is 0 Å². The van der Waals surface area contributed by atoms with Gasteiger partial charge < -0.3 is 19.9 Å². The van der Waals surface area contributed by atoms with E-state index in [0.29, 0.717) is 12.3 Å². The third-order valence-electron chi connectivity index (χ3n) is 4.15. The van der Waals surface area contributed by atoms with Crippen LogP contribution in [0.5, 0.6) is 11.5 Å². The minimum absolute atomic E-state index is 0.0828. The van der Waals surface area contributed by atoms with E-state index in [1.807, 2.05) is 49.4 Å². The first kappa shape index (κ1) is 18.8. The molecule has 2 atom stereocenters. The summed E-state index contributed by atoms with van der Waals surface area (Å²) in [6, 6.07) is 15.3. The molecule has 0 amide bonds. The summed E-state index contributed by atoms with van der Waals surface area (Å²) < 4.78 is 12.4. The molecule has 0 fully saturated rings. The first-order valence-electron chi connectivity index (χ1n) is 8.67. The molecule has 8 heteroatoms. The molecule has 3 aromatic rings. The monoisotopic (exact) mass is 369 g/mol. The van der Waals surface area contributed by atoms with E-state index < -0.39 is 6.10 Å². The molecule has 0 saturated heterocycles. The van der Waals surface area contributed by atoms with Crippen LogP contribution in [-0.2, 0) is 0 Å². The van der Waals surface area contributed by atoms with Crippen molar-refractivity contribution in [1.82, 2.24) is 25.5 Å². The van der Waals surface area contributed by atoms with Crippen LogP contribution in [0.15, 0.2) is 54.9 Å². The zero-order valence-corrected chi connectivity index (χ0v) is 15.3. The third-order valence-corrected chi connectivity index (χ3v) is 4.15. The number of ether oxygens (including phenoxy) is 2. The van der Waals surface area contributed by atoms with Crippen LogP contribution in [0.25, 0.3) is 5.69 Å². The van der Waals surface area contributed by atoms with Gasteiger partial charge in [-0.25, -0.2) is 4.68 Å². The molecule has 0 aliphatic rings. The van der Waals surface area contributed by atoms with E-state index >= 15 is 0 Å². The van der Waals surface area contributed by atoms with E-state index in [0.717, 1.165) is 17.0 Å². The Morgan fingerprint density at radius 2 is 1.93 bits per heavy atom. The Kier molecular flexibility index (Phi) is 6.35. The number of aliphatic hydroxyl groups is 1. The second-order valence-corrected chi connectivity index (χ2v) is 6.12. The first-order valence-corrected chi connectivity index (χ1v) is 8.67. The fourth-order valence-electron chi connectivity index (χ4n) is 2.57. The molecule has 0 aliphatic carbocycles. The van der Waals surface area contributed by atoms with E-state index in [9.17, 15) is 5.11 Å². The summed E-state index contributed by atoms with van der Waals surface area (Å²) in [5.74, 6) is 1.39. The quantitative estimate of drug-likeness (QED) is 0.593. The van der Waals surface area contributed by atoms with E-state index in [1.54, 1.807) is 24.2 Å². The molecule has 2 unspecified atom stereocenters. The fraction of sp³-hybridized carbons (Fsp3) is 0.316. The summed E-state index contributed by atoms with van der Waals surface area (Å²) in [4.78, 5) is 0. The Bertz CT molecular complexity index is 824. The highest BCUT2D eigenvalue weighted by molar-refractivity contribution is 5.34. The Hall–Kier alpha value is -2.97. The second kappa shape index (κ2) is 9.11. The Morgan fingerprint density at radius 3 is 2.63 bits per heavy atom. The summed E-state index contributed by atoms with van der Waals surface area (Å²) in [5.41, 5.74) is 2.00. The van der Waals surface area contributed by atoms with E-state index in [2.05, 4.69) is 20.8 Å². The number of aromatic nitrogens is 4. The minimum atomic E-state index is -0.626. The first-order chi connectivity index (χ1) is 13.2. The highest BCUT2D eigenvalue weighted by Crippen LogP contribution is 2.19. The van der Waals surface area contributed by atoms with Gasteiger partial charge in [-0.3, -0.25) is 0 Å². The van der Waals surface area contributed by atoms with Gasteiger partial charge in [-0.05, 0) is 47.2 Å². The maximum Gasteiger partial charge on any atom is 0.143 e. The van der Waals surface area contributed by atoms with Crippen LogP contribution < -0.4 is 14.8 Å². The summed E-state index contributed by atoms with van der Waals surface area (Å²) in [5, 5.41) is 24.6. The van der Waals surface area contributed by atoms with E-state index in [-0.39, 0.29) is 12.6 Å². The van der Waals surface area contributed by atoms with Crippen LogP contribution in [0.1, 0.15) is 18.5 Å². The zero-order valence-electron chi connectivity index (χ0n) is 15.3. The zero-order chi connectivity index (χ0) is 19.1. The fourth-order valence-corrected chi connectivity index (χ4v) is 2.57. The number of tetrazole rings is 1.